The molecule has 3 aromatic heterocycles. The zero-order valence-corrected chi connectivity index (χ0v) is 20.6. The predicted octanol–water partition coefficient (Wildman–Crippen LogP) is 5.12. The van der Waals surface area contributed by atoms with Crippen LogP contribution in [-0.4, -0.2) is 44.9 Å². The van der Waals surface area contributed by atoms with Crippen molar-refractivity contribution in [1.82, 2.24) is 24.8 Å². The summed E-state index contributed by atoms with van der Waals surface area (Å²) in [6.07, 6.45) is -2.78. The molecule has 4 heterocycles. The molecule has 9 nitrogen and oxygen atoms in total. The van der Waals surface area contributed by atoms with Crippen LogP contribution in [0.2, 0.25) is 5.02 Å². The summed E-state index contributed by atoms with van der Waals surface area (Å²) >= 11 is 8.11. The van der Waals surface area contributed by atoms with E-state index in [0.29, 0.717) is 11.3 Å². The topological polar surface area (TPSA) is 104 Å². The van der Waals surface area contributed by atoms with E-state index in [0.717, 1.165) is 21.4 Å². The van der Waals surface area contributed by atoms with Crippen LogP contribution in [0.3, 0.4) is 0 Å². The van der Waals surface area contributed by atoms with Gasteiger partial charge in [-0.05, 0) is 53.3 Å². The molecule has 1 aliphatic heterocycles. The molecule has 0 saturated carbocycles. The lowest BCUT2D eigenvalue weighted by Gasteiger charge is -2.13. The van der Waals surface area contributed by atoms with Gasteiger partial charge in [0.05, 0.1) is 16.1 Å². The highest BCUT2D eigenvalue weighted by Crippen LogP contribution is 2.34. The van der Waals surface area contributed by atoms with E-state index >= 15 is 0 Å². The minimum Gasteiger partial charge on any atom is -0.491 e. The van der Waals surface area contributed by atoms with Gasteiger partial charge in [0.25, 0.3) is 5.89 Å². The number of fused-ring (bicyclic) bond motifs is 1. The fourth-order valence-electron chi connectivity index (χ4n) is 3.45. The molecule has 1 fully saturated rings. The Morgan fingerprint density at radius 2 is 2.09 bits per heavy atom. The van der Waals surface area contributed by atoms with Crippen LogP contribution in [-0.2, 0) is 10.9 Å². The molecule has 0 spiro atoms. The Balaban J connectivity index is 1.40. The van der Waals surface area contributed by atoms with E-state index in [1.54, 1.807) is 6.07 Å². The summed E-state index contributed by atoms with van der Waals surface area (Å²) < 4.78 is 57.3. The van der Waals surface area contributed by atoms with E-state index in [4.69, 9.17) is 25.6 Å². The maximum absolute atomic E-state index is 13.1. The van der Waals surface area contributed by atoms with Crippen molar-refractivity contribution < 1.29 is 32.0 Å². The summed E-state index contributed by atoms with van der Waals surface area (Å²) in [5.74, 6) is 0.920. The number of hydrogen-bond acceptors (Lipinski definition) is 7. The molecule has 35 heavy (non-hydrogen) atoms. The second kappa shape index (κ2) is 8.86. The Kier molecular flexibility index (Phi) is 5.99. The molecule has 1 N–H and O–H groups in total. The summed E-state index contributed by atoms with van der Waals surface area (Å²) in [5.41, 5.74) is 0.880. The number of nitrogens with one attached hydrogen (secondary N) is 1. The van der Waals surface area contributed by atoms with Crippen LogP contribution < -0.4 is 10.1 Å². The molecule has 1 saturated heterocycles. The molecule has 1 atom stereocenters. The highest BCUT2D eigenvalue weighted by atomic mass is 127. The van der Waals surface area contributed by atoms with Crippen molar-refractivity contribution in [2.24, 2.45) is 0 Å². The Hall–Kier alpha value is -3.07. The van der Waals surface area contributed by atoms with E-state index < -0.39 is 17.8 Å². The van der Waals surface area contributed by atoms with Crippen LogP contribution in [0.4, 0.5) is 18.0 Å². The molecule has 1 unspecified atom stereocenters. The lowest BCUT2D eigenvalue weighted by atomic mass is 10.1. The van der Waals surface area contributed by atoms with Gasteiger partial charge in [0.2, 0.25) is 5.82 Å². The average molecular weight is 620 g/mol. The number of hydrogen-bond donors (Lipinski definition) is 1. The Morgan fingerprint density at radius 1 is 1.29 bits per heavy atom. The monoisotopic (exact) mass is 619 g/mol. The number of aryl methyl sites for hydroxylation is 1. The number of rotatable bonds is 5. The minimum absolute atomic E-state index is 0.0964. The summed E-state index contributed by atoms with van der Waals surface area (Å²) in [6, 6.07) is 4.20. The number of alkyl carbamates (subject to hydrolysis) is 1. The normalized spacial score (nSPS) is 15.9. The van der Waals surface area contributed by atoms with Crippen LogP contribution in [0.15, 0.2) is 35.1 Å². The van der Waals surface area contributed by atoms with Crippen LogP contribution in [0.25, 0.3) is 28.6 Å². The van der Waals surface area contributed by atoms with Gasteiger partial charge >= 0.3 is 12.3 Å². The van der Waals surface area contributed by atoms with Crippen LogP contribution >= 0.6 is 34.2 Å². The third-order valence-corrected chi connectivity index (χ3v) is 6.33. The van der Waals surface area contributed by atoms with E-state index in [-0.39, 0.29) is 47.3 Å². The van der Waals surface area contributed by atoms with Gasteiger partial charge in [-0.1, -0.05) is 16.8 Å². The van der Waals surface area contributed by atoms with Gasteiger partial charge in [-0.15, -0.1) is 0 Å². The molecule has 1 aromatic carbocycles. The van der Waals surface area contributed by atoms with Crippen molar-refractivity contribution in [3.8, 4) is 28.7 Å². The largest absolute Gasteiger partial charge is 0.491 e. The van der Waals surface area contributed by atoms with Crippen LogP contribution in [0, 0.1) is 10.5 Å². The van der Waals surface area contributed by atoms with Gasteiger partial charge in [0.15, 0.2) is 5.65 Å². The van der Waals surface area contributed by atoms with Gasteiger partial charge in [-0.25, -0.2) is 9.78 Å². The van der Waals surface area contributed by atoms with Crippen molar-refractivity contribution >= 4 is 45.9 Å². The number of ether oxygens (including phenoxy) is 2. The molecule has 5 rings (SSSR count). The first-order valence-electron chi connectivity index (χ1n) is 10.0. The fourth-order valence-corrected chi connectivity index (χ4v) is 4.37. The standard InChI is InChI=1S/C21H14ClF3IN5O4/c1-9-2-12(14(26)4-16(9)33-7-11-8-34-20(32)27-11)19-29-17(30-35-19)15-6-31-5-10(21(23,24)25)3-13(22)18(31)28-15/h2-6,11H,7-8H2,1H3,(H,27,32). The average Bonchev–Trinajstić information content (AvgIpc) is 3.52. The first-order chi connectivity index (χ1) is 16.6. The van der Waals surface area contributed by atoms with Crippen molar-refractivity contribution in [2.75, 3.05) is 13.2 Å². The maximum Gasteiger partial charge on any atom is 0.417 e. The fraction of sp³-hybridized carbons (Fsp3) is 0.238. The number of amides is 1. The van der Waals surface area contributed by atoms with Gasteiger partial charge in [-0.3, -0.25) is 0 Å². The van der Waals surface area contributed by atoms with Gasteiger partial charge < -0.3 is 23.7 Å². The molecular formula is C21H14ClF3IN5O4. The lowest BCUT2D eigenvalue weighted by Crippen LogP contribution is -2.32. The molecule has 0 bridgehead atoms. The van der Waals surface area contributed by atoms with Gasteiger partial charge in [-0.2, -0.15) is 18.2 Å². The van der Waals surface area contributed by atoms with Gasteiger partial charge in [0.1, 0.15) is 30.7 Å². The highest BCUT2D eigenvalue weighted by molar-refractivity contribution is 14.1. The van der Waals surface area contributed by atoms with E-state index in [9.17, 15) is 18.0 Å². The second-order valence-corrected chi connectivity index (χ2v) is 9.27. The SMILES string of the molecule is Cc1cc(-c2nc(-c3cn4cc(C(F)(F)F)cc(Cl)c4n3)no2)c(I)cc1OCC1COC(=O)N1. The molecule has 4 aromatic rings. The van der Waals surface area contributed by atoms with Crippen LogP contribution in [0.1, 0.15) is 11.1 Å². The Morgan fingerprint density at radius 3 is 2.80 bits per heavy atom. The van der Waals surface area contributed by atoms with Gasteiger partial charge in [0, 0.05) is 16.0 Å². The highest BCUT2D eigenvalue weighted by Gasteiger charge is 2.32. The maximum atomic E-state index is 13.1. The Bertz CT molecular complexity index is 1450. The molecule has 182 valence electrons. The zero-order chi connectivity index (χ0) is 24.9. The van der Waals surface area contributed by atoms with E-state index in [1.165, 1.54) is 10.6 Å². The second-order valence-electron chi connectivity index (χ2n) is 7.70. The smallest absolute Gasteiger partial charge is 0.417 e. The number of nitrogens with zero attached hydrogens (tertiary/aromatic N) is 4. The number of benzene rings is 1. The number of alkyl halides is 3. The van der Waals surface area contributed by atoms with Crippen molar-refractivity contribution in [1.29, 1.82) is 0 Å². The molecule has 14 heteroatoms. The van der Waals surface area contributed by atoms with E-state index in [2.05, 4.69) is 43.0 Å². The number of cyclic esters (lactones) is 1. The third-order valence-electron chi connectivity index (χ3n) is 5.16. The summed E-state index contributed by atoms with van der Waals surface area (Å²) in [7, 11) is 0. The molecule has 1 amide bonds. The number of aromatic nitrogens is 4. The number of carbonyl (C=O) groups excluding carboxylic acids is 1. The third kappa shape index (κ3) is 4.74. The Labute approximate surface area is 213 Å². The summed E-state index contributed by atoms with van der Waals surface area (Å²) in [6.45, 7) is 2.33. The molecular weight excluding hydrogens is 606 g/mol. The predicted molar refractivity (Wildman–Crippen MR) is 125 cm³/mol. The van der Waals surface area contributed by atoms with Crippen molar-refractivity contribution in [3.63, 3.8) is 0 Å². The van der Waals surface area contributed by atoms with E-state index in [1.807, 2.05) is 13.0 Å². The first kappa shape index (κ1) is 23.7. The molecule has 0 aliphatic carbocycles. The number of halogens is 5. The van der Waals surface area contributed by atoms with Crippen molar-refractivity contribution in [3.05, 3.63) is 50.3 Å². The molecule has 1 aliphatic rings. The number of pyridine rings is 1. The van der Waals surface area contributed by atoms with Crippen molar-refractivity contribution in [2.45, 2.75) is 19.1 Å². The summed E-state index contributed by atoms with van der Waals surface area (Å²) in [5, 5.41) is 6.42. The zero-order valence-electron chi connectivity index (χ0n) is 17.7. The summed E-state index contributed by atoms with van der Waals surface area (Å²) in [4.78, 5) is 19.8. The number of imidazole rings is 1. The van der Waals surface area contributed by atoms with Crippen LogP contribution in [0.5, 0.6) is 5.75 Å². The molecule has 0 radical (unpaired) electrons. The minimum atomic E-state index is -4.55. The quantitative estimate of drug-likeness (QED) is 0.309. The lowest BCUT2D eigenvalue weighted by molar-refractivity contribution is -0.137. The first-order valence-corrected chi connectivity index (χ1v) is 11.5. The number of carbonyl (C=O) groups is 1.